The normalized spacial score (nSPS) is 13.9. The number of hydrogen-bond acceptors (Lipinski definition) is 9. The summed E-state index contributed by atoms with van der Waals surface area (Å²) in [4.78, 5) is 14.3. The molecule has 4 heterocycles. The molecule has 5 rings (SSSR count). The van der Waals surface area contributed by atoms with E-state index in [0.717, 1.165) is 28.8 Å². The van der Waals surface area contributed by atoms with E-state index in [4.69, 9.17) is 16.3 Å². The summed E-state index contributed by atoms with van der Waals surface area (Å²) in [5.41, 5.74) is 4.06. The molecule has 2 N–H and O–H groups in total. The minimum Gasteiger partial charge on any atom is -0.378 e. The van der Waals surface area contributed by atoms with Crippen LogP contribution < -0.4 is 10.2 Å². The third-order valence-electron chi connectivity index (χ3n) is 5.29. The summed E-state index contributed by atoms with van der Waals surface area (Å²) in [5.74, 6) is -0.182. The average molecular weight is 494 g/mol. The lowest BCUT2D eigenvalue weighted by atomic mass is 10.1. The fourth-order valence-corrected chi connectivity index (χ4v) is 3.82. The molecule has 0 bridgehead atoms. The average Bonchev–Trinajstić information content (AvgIpc) is 3.41. The van der Waals surface area contributed by atoms with Crippen molar-refractivity contribution in [3.05, 3.63) is 71.5 Å². The van der Waals surface area contributed by atoms with Gasteiger partial charge in [0.1, 0.15) is 6.54 Å². The maximum absolute atomic E-state index is 14.1. The first-order chi connectivity index (χ1) is 17.2. The molecule has 1 aliphatic heterocycles. The van der Waals surface area contributed by atoms with E-state index in [1.165, 1.54) is 0 Å². The number of halogens is 2. The summed E-state index contributed by atoms with van der Waals surface area (Å²) in [5, 5.41) is 18.9. The molecule has 0 saturated carbocycles. The van der Waals surface area contributed by atoms with E-state index in [0.29, 0.717) is 37.0 Å². The Kier molecular flexibility index (Phi) is 6.87. The highest BCUT2D eigenvalue weighted by Crippen LogP contribution is 2.30. The highest BCUT2D eigenvalue weighted by atomic mass is 35.5. The van der Waals surface area contributed by atoms with E-state index in [2.05, 4.69) is 40.7 Å². The molecule has 0 radical (unpaired) electrons. The van der Waals surface area contributed by atoms with Crippen LogP contribution in [0.15, 0.2) is 65.2 Å². The molecule has 12 heteroatoms. The van der Waals surface area contributed by atoms with Crippen molar-refractivity contribution in [1.29, 1.82) is 0 Å². The Morgan fingerprint density at radius 1 is 1.09 bits per heavy atom. The van der Waals surface area contributed by atoms with E-state index >= 15 is 0 Å². The number of hydrogen-bond donors (Lipinski definition) is 2. The number of nitrogens with one attached hydrogen (secondary N) is 2. The Balaban J connectivity index is 1.20. The smallest absolute Gasteiger partial charge is 0.270 e. The Bertz CT molecular complexity index is 1310. The maximum Gasteiger partial charge on any atom is 0.270 e. The molecule has 178 valence electrons. The van der Waals surface area contributed by atoms with Crippen LogP contribution in [0.5, 0.6) is 0 Å². The lowest BCUT2D eigenvalue weighted by molar-refractivity contribution is 0.122. The molecule has 0 amide bonds. The van der Waals surface area contributed by atoms with Gasteiger partial charge in [-0.1, -0.05) is 11.6 Å². The molecule has 0 spiro atoms. The molecule has 0 atom stereocenters. The quantitative estimate of drug-likeness (QED) is 0.351. The molecule has 1 fully saturated rings. The predicted octanol–water partition coefficient (Wildman–Crippen LogP) is 4.92. The van der Waals surface area contributed by atoms with E-state index in [-0.39, 0.29) is 18.3 Å². The largest absolute Gasteiger partial charge is 0.378 e. The third-order valence-corrected chi connectivity index (χ3v) is 5.60. The number of aromatic nitrogens is 5. The van der Waals surface area contributed by atoms with Crippen molar-refractivity contribution in [3.63, 3.8) is 0 Å². The van der Waals surface area contributed by atoms with Crippen molar-refractivity contribution in [3.8, 4) is 11.3 Å². The molecule has 0 unspecified atom stereocenters. The Morgan fingerprint density at radius 2 is 1.94 bits per heavy atom. The van der Waals surface area contributed by atoms with Gasteiger partial charge >= 0.3 is 0 Å². The number of rotatable bonds is 7. The van der Waals surface area contributed by atoms with Crippen molar-refractivity contribution in [2.24, 2.45) is 10.2 Å². The summed E-state index contributed by atoms with van der Waals surface area (Å²) >= 11 is 6.42. The second-order valence-electron chi connectivity index (χ2n) is 7.67. The van der Waals surface area contributed by atoms with Gasteiger partial charge in [0, 0.05) is 30.5 Å². The zero-order valence-corrected chi connectivity index (χ0v) is 19.3. The van der Waals surface area contributed by atoms with Gasteiger partial charge in [0.15, 0.2) is 11.6 Å². The summed E-state index contributed by atoms with van der Waals surface area (Å²) in [6.07, 6.45) is 4.49. The molecule has 10 nitrogen and oxygen atoms in total. The van der Waals surface area contributed by atoms with Crippen LogP contribution in [0.2, 0.25) is 5.02 Å². The van der Waals surface area contributed by atoms with E-state index in [1.807, 2.05) is 41.3 Å². The molecule has 4 aromatic rings. The van der Waals surface area contributed by atoms with Crippen molar-refractivity contribution in [1.82, 2.24) is 25.1 Å². The second-order valence-corrected chi connectivity index (χ2v) is 8.08. The molecule has 0 aliphatic carbocycles. The maximum atomic E-state index is 14.1. The number of ether oxygens (including phenoxy) is 1. The van der Waals surface area contributed by atoms with Crippen LogP contribution >= 0.6 is 11.6 Å². The molecule has 1 saturated heterocycles. The molecule has 1 aromatic carbocycles. The van der Waals surface area contributed by atoms with Crippen LogP contribution in [-0.2, 0) is 11.3 Å². The first kappa shape index (κ1) is 22.8. The third kappa shape index (κ3) is 5.58. The number of nitrogens with zero attached hydrogens (tertiary/aromatic N) is 7. The van der Waals surface area contributed by atoms with E-state index in [9.17, 15) is 4.39 Å². The fraction of sp³-hybridized carbons (Fsp3) is 0.217. The van der Waals surface area contributed by atoms with Crippen LogP contribution in [0.4, 0.5) is 27.5 Å². The van der Waals surface area contributed by atoms with Crippen molar-refractivity contribution < 1.29 is 9.13 Å². The van der Waals surface area contributed by atoms with Crippen LogP contribution in [0.25, 0.3) is 11.3 Å². The van der Waals surface area contributed by atoms with Crippen molar-refractivity contribution in [2.75, 3.05) is 36.5 Å². The molecular weight excluding hydrogens is 473 g/mol. The molecule has 1 aliphatic rings. The second kappa shape index (κ2) is 10.5. The predicted molar refractivity (Wildman–Crippen MR) is 130 cm³/mol. The molecule has 3 aromatic heterocycles. The van der Waals surface area contributed by atoms with Gasteiger partial charge in [-0.2, -0.15) is 15.2 Å². The summed E-state index contributed by atoms with van der Waals surface area (Å²) in [7, 11) is 0. The number of azo groups is 1. The Hall–Kier alpha value is -3.96. The van der Waals surface area contributed by atoms with Gasteiger partial charge in [0.25, 0.3) is 5.95 Å². The van der Waals surface area contributed by atoms with Gasteiger partial charge in [0.05, 0.1) is 47.7 Å². The number of H-pyrrole nitrogens is 1. The Morgan fingerprint density at radius 3 is 2.69 bits per heavy atom. The highest BCUT2D eigenvalue weighted by molar-refractivity contribution is 6.33. The van der Waals surface area contributed by atoms with Crippen LogP contribution in [0, 0.1) is 5.82 Å². The first-order valence-corrected chi connectivity index (χ1v) is 11.3. The van der Waals surface area contributed by atoms with Gasteiger partial charge in [-0.25, -0.2) is 9.37 Å². The standard InChI is InChI=1S/C23H21ClFN9O/c24-19-11-15(3-4-18(19)21-5-6-28-32-21)30-17-2-1-16(26-12-17)13-29-33-23-27-14-20(25)22(31-23)34-7-9-35-10-8-34/h1-6,11-12,14,30H,7-10,13H2,(H,28,32). The number of benzene rings is 1. The number of morpholine rings is 1. The van der Waals surface area contributed by atoms with Gasteiger partial charge < -0.3 is 15.0 Å². The lowest BCUT2D eigenvalue weighted by Gasteiger charge is -2.27. The van der Waals surface area contributed by atoms with Crippen molar-refractivity contribution in [2.45, 2.75) is 6.54 Å². The first-order valence-electron chi connectivity index (χ1n) is 10.9. The van der Waals surface area contributed by atoms with E-state index < -0.39 is 5.82 Å². The lowest BCUT2D eigenvalue weighted by Crippen LogP contribution is -2.37. The minimum absolute atomic E-state index is 0.0987. The zero-order chi connectivity index (χ0) is 24.0. The van der Waals surface area contributed by atoms with Crippen LogP contribution in [-0.4, -0.2) is 51.5 Å². The number of anilines is 3. The van der Waals surface area contributed by atoms with Gasteiger partial charge in [0.2, 0.25) is 0 Å². The highest BCUT2D eigenvalue weighted by Gasteiger charge is 2.17. The zero-order valence-electron chi connectivity index (χ0n) is 18.5. The SMILES string of the molecule is Fc1cnc(N=NCc2ccc(Nc3ccc(-c4ccn[nH]4)c(Cl)c3)cn2)nc1N1CCOCC1. The van der Waals surface area contributed by atoms with Gasteiger partial charge in [-0.05, 0) is 36.4 Å². The summed E-state index contributed by atoms with van der Waals surface area (Å²) in [6, 6.07) is 11.3. The minimum atomic E-state index is -0.493. The van der Waals surface area contributed by atoms with Crippen LogP contribution in [0.3, 0.4) is 0 Å². The van der Waals surface area contributed by atoms with E-state index in [1.54, 1.807) is 12.4 Å². The monoisotopic (exact) mass is 493 g/mol. The topological polar surface area (TPSA) is 117 Å². The van der Waals surface area contributed by atoms with Gasteiger partial charge in [-0.15, -0.1) is 5.11 Å². The number of aromatic amines is 1. The Labute approximate surface area is 205 Å². The molecular formula is C23H21ClFN9O. The van der Waals surface area contributed by atoms with Crippen molar-refractivity contribution >= 4 is 34.7 Å². The summed E-state index contributed by atoms with van der Waals surface area (Å²) in [6.45, 7) is 2.42. The van der Waals surface area contributed by atoms with Gasteiger partial charge in [-0.3, -0.25) is 10.1 Å². The van der Waals surface area contributed by atoms with Crippen LogP contribution in [0.1, 0.15) is 5.69 Å². The number of pyridine rings is 1. The fourth-order valence-electron chi connectivity index (χ4n) is 3.54. The summed E-state index contributed by atoms with van der Waals surface area (Å²) < 4.78 is 19.4. The molecule has 35 heavy (non-hydrogen) atoms.